The quantitative estimate of drug-likeness (QED) is 0.108. The molecule has 0 aliphatic heterocycles. The number of anilines is 2. The monoisotopic (exact) mass is 618 g/mol. The number of carboxylic acids is 2. The van der Waals surface area contributed by atoms with E-state index >= 15 is 0 Å². The van der Waals surface area contributed by atoms with Gasteiger partial charge in [0.05, 0.1) is 18.1 Å². The van der Waals surface area contributed by atoms with Crippen LogP contribution in [0.5, 0.6) is 0 Å². The van der Waals surface area contributed by atoms with Gasteiger partial charge in [-0.3, -0.25) is 14.0 Å². The van der Waals surface area contributed by atoms with Gasteiger partial charge in [-0.2, -0.15) is 0 Å². The molecule has 0 aliphatic rings. The first-order chi connectivity index (χ1) is 20.7. The van der Waals surface area contributed by atoms with Crippen LogP contribution in [0.25, 0.3) is 11.3 Å². The summed E-state index contributed by atoms with van der Waals surface area (Å²) in [5.74, 6) is -2.68. The Morgan fingerprint density at radius 2 is 1.88 bits per heavy atom. The number of amides is 3. The standard InChI is InChI=1S/C27H35FN8O6S/c28-11-5-8-20-15-36(35-34-20)16-23(37)31-19-7-4-6-18(14-19)22-17-43-27(33-22)30-13-3-1-2-12-29-26(42)32-21(25(40)41)9-10-24(38)39/h4,6-7,14-15,17,21H,1-3,5,8-13,16H2,(H,30,33)(H,31,37)(H,38,39)(H,40,41)(H2,29,32,42)/t21-/m0/s1. The van der Waals surface area contributed by atoms with Gasteiger partial charge in [0, 0.05) is 42.3 Å². The van der Waals surface area contributed by atoms with Crippen LogP contribution in [0.3, 0.4) is 0 Å². The Labute approximate surface area is 251 Å². The highest BCUT2D eigenvalue weighted by Crippen LogP contribution is 2.27. The number of carbonyl (C=O) groups excluding carboxylic acids is 2. The molecule has 0 saturated heterocycles. The lowest BCUT2D eigenvalue weighted by Gasteiger charge is -2.14. The number of hydrogen-bond acceptors (Lipinski definition) is 9. The summed E-state index contributed by atoms with van der Waals surface area (Å²) in [6, 6.07) is 5.43. The van der Waals surface area contributed by atoms with E-state index in [1.807, 2.05) is 23.6 Å². The van der Waals surface area contributed by atoms with Crippen molar-refractivity contribution in [2.45, 2.75) is 57.5 Å². The molecule has 3 amide bonds. The van der Waals surface area contributed by atoms with Crippen LogP contribution in [-0.4, -0.2) is 79.9 Å². The molecule has 0 bridgehead atoms. The van der Waals surface area contributed by atoms with Gasteiger partial charge in [0.2, 0.25) is 5.91 Å². The minimum Gasteiger partial charge on any atom is -0.481 e. The highest BCUT2D eigenvalue weighted by atomic mass is 32.1. The third-order valence-corrected chi connectivity index (χ3v) is 6.87. The highest BCUT2D eigenvalue weighted by molar-refractivity contribution is 7.14. The van der Waals surface area contributed by atoms with E-state index in [0.29, 0.717) is 43.7 Å². The Morgan fingerprint density at radius 1 is 1.07 bits per heavy atom. The van der Waals surface area contributed by atoms with Crippen molar-refractivity contribution in [3.05, 3.63) is 41.5 Å². The van der Waals surface area contributed by atoms with Gasteiger partial charge in [-0.25, -0.2) is 19.3 Å². The molecule has 0 spiro atoms. The van der Waals surface area contributed by atoms with Crippen LogP contribution >= 0.6 is 11.3 Å². The van der Waals surface area contributed by atoms with E-state index < -0.39 is 30.7 Å². The smallest absolute Gasteiger partial charge is 0.326 e. The third-order valence-electron chi connectivity index (χ3n) is 6.07. The molecule has 2 aromatic heterocycles. The van der Waals surface area contributed by atoms with Crippen molar-refractivity contribution >= 4 is 46.0 Å². The van der Waals surface area contributed by atoms with Crippen molar-refractivity contribution in [3.63, 3.8) is 0 Å². The Morgan fingerprint density at radius 3 is 2.65 bits per heavy atom. The summed E-state index contributed by atoms with van der Waals surface area (Å²) >= 11 is 1.46. The van der Waals surface area contributed by atoms with E-state index in [4.69, 9.17) is 10.2 Å². The second-order valence-corrected chi connectivity index (χ2v) is 10.4. The lowest BCUT2D eigenvalue weighted by atomic mass is 10.1. The molecular weight excluding hydrogens is 583 g/mol. The number of carbonyl (C=O) groups is 4. The zero-order valence-electron chi connectivity index (χ0n) is 23.4. The summed E-state index contributed by atoms with van der Waals surface area (Å²) in [6.07, 6.45) is 4.24. The Hall–Kier alpha value is -4.60. The number of aryl methyl sites for hydroxylation is 1. The summed E-state index contributed by atoms with van der Waals surface area (Å²) < 4.78 is 13.8. The topological polar surface area (TPSA) is 200 Å². The maximum atomic E-state index is 12.5. The largest absolute Gasteiger partial charge is 0.481 e. The first-order valence-electron chi connectivity index (χ1n) is 13.8. The fraction of sp³-hybridized carbons (Fsp3) is 0.444. The zero-order chi connectivity index (χ0) is 31.0. The number of unbranched alkanes of at least 4 members (excludes halogenated alkanes) is 2. The minimum absolute atomic E-state index is 0.0132. The van der Waals surface area contributed by atoms with E-state index in [-0.39, 0.29) is 25.3 Å². The van der Waals surface area contributed by atoms with Crippen LogP contribution in [0, 0.1) is 0 Å². The number of alkyl halides is 1. The first kappa shape index (κ1) is 32.9. The van der Waals surface area contributed by atoms with E-state index in [9.17, 15) is 23.6 Å². The fourth-order valence-corrected chi connectivity index (χ4v) is 4.68. The molecule has 2 heterocycles. The molecule has 14 nitrogen and oxygen atoms in total. The van der Waals surface area contributed by atoms with Gasteiger partial charge in [0.1, 0.15) is 12.6 Å². The molecule has 43 heavy (non-hydrogen) atoms. The normalized spacial score (nSPS) is 11.5. The Balaban J connectivity index is 1.34. The molecule has 0 fully saturated rings. The predicted molar refractivity (Wildman–Crippen MR) is 158 cm³/mol. The van der Waals surface area contributed by atoms with Crippen LogP contribution in [0.4, 0.5) is 20.0 Å². The van der Waals surface area contributed by atoms with Gasteiger partial charge < -0.3 is 31.5 Å². The van der Waals surface area contributed by atoms with Gasteiger partial charge >= 0.3 is 18.0 Å². The number of aliphatic carboxylic acids is 2. The van der Waals surface area contributed by atoms with Gasteiger partial charge in [-0.15, -0.1) is 16.4 Å². The van der Waals surface area contributed by atoms with E-state index in [0.717, 1.165) is 29.2 Å². The van der Waals surface area contributed by atoms with Crippen LogP contribution in [0.2, 0.25) is 0 Å². The number of aromatic nitrogens is 4. The lowest BCUT2D eigenvalue weighted by Crippen LogP contribution is -2.46. The predicted octanol–water partition coefficient (Wildman–Crippen LogP) is 3.14. The number of carboxylic acid groups (broad SMARTS) is 2. The fourth-order valence-electron chi connectivity index (χ4n) is 3.93. The number of nitrogens with one attached hydrogen (secondary N) is 4. The zero-order valence-corrected chi connectivity index (χ0v) is 24.2. The van der Waals surface area contributed by atoms with Crippen molar-refractivity contribution in [2.75, 3.05) is 30.4 Å². The van der Waals surface area contributed by atoms with Crippen molar-refractivity contribution in [1.29, 1.82) is 0 Å². The SMILES string of the molecule is O=C(O)CC[C@H](NC(=O)NCCCCCNc1nc(-c2cccc(NC(=O)Cn3cc(CCCF)nn3)c2)cs1)C(=O)O. The van der Waals surface area contributed by atoms with Gasteiger partial charge in [-0.05, 0) is 50.7 Å². The molecule has 3 rings (SSSR count). The van der Waals surface area contributed by atoms with Gasteiger partial charge in [0.15, 0.2) is 5.13 Å². The van der Waals surface area contributed by atoms with Crippen molar-refractivity contribution in [2.24, 2.45) is 0 Å². The molecule has 0 unspecified atom stereocenters. The summed E-state index contributed by atoms with van der Waals surface area (Å²) in [5, 5.41) is 39.3. The van der Waals surface area contributed by atoms with Crippen LogP contribution in [0.15, 0.2) is 35.8 Å². The average molecular weight is 619 g/mol. The molecule has 232 valence electrons. The van der Waals surface area contributed by atoms with E-state index in [2.05, 4.69) is 36.6 Å². The first-order valence-corrected chi connectivity index (χ1v) is 14.6. The number of rotatable bonds is 19. The summed E-state index contributed by atoms with van der Waals surface area (Å²) in [5.41, 5.74) is 2.86. The highest BCUT2D eigenvalue weighted by Gasteiger charge is 2.20. The number of urea groups is 1. The maximum Gasteiger partial charge on any atom is 0.326 e. The number of halogens is 1. The molecule has 0 saturated carbocycles. The molecule has 3 aromatic rings. The maximum absolute atomic E-state index is 12.5. The van der Waals surface area contributed by atoms with Crippen molar-refractivity contribution in [3.8, 4) is 11.3 Å². The second-order valence-electron chi connectivity index (χ2n) is 9.58. The molecular formula is C27H35FN8O6S. The third kappa shape index (κ3) is 12.0. The molecule has 0 aliphatic carbocycles. The molecule has 16 heteroatoms. The number of thiazole rings is 1. The van der Waals surface area contributed by atoms with E-state index in [1.165, 1.54) is 16.0 Å². The van der Waals surface area contributed by atoms with Crippen LogP contribution in [0.1, 0.15) is 44.2 Å². The molecule has 6 N–H and O–H groups in total. The average Bonchev–Trinajstić information content (AvgIpc) is 3.63. The second kappa shape index (κ2) is 17.4. The van der Waals surface area contributed by atoms with Crippen LogP contribution in [-0.2, 0) is 27.3 Å². The number of nitrogens with zero attached hydrogens (tertiary/aromatic N) is 4. The summed E-state index contributed by atoms with van der Waals surface area (Å²) in [6.45, 7) is 0.581. The molecule has 1 aromatic carbocycles. The Kier molecular flexibility index (Phi) is 13.3. The summed E-state index contributed by atoms with van der Waals surface area (Å²) in [7, 11) is 0. The van der Waals surface area contributed by atoms with Gasteiger partial charge in [0.25, 0.3) is 0 Å². The Bertz CT molecular complexity index is 1370. The van der Waals surface area contributed by atoms with E-state index in [1.54, 1.807) is 12.3 Å². The molecule has 1 atom stereocenters. The summed E-state index contributed by atoms with van der Waals surface area (Å²) in [4.78, 5) is 50.7. The van der Waals surface area contributed by atoms with Crippen LogP contribution < -0.4 is 21.3 Å². The van der Waals surface area contributed by atoms with Crippen molar-refractivity contribution in [1.82, 2.24) is 30.6 Å². The number of benzene rings is 1. The minimum atomic E-state index is -1.28. The number of hydrogen-bond donors (Lipinski definition) is 6. The van der Waals surface area contributed by atoms with Gasteiger partial charge in [-0.1, -0.05) is 17.3 Å². The lowest BCUT2D eigenvalue weighted by molar-refractivity contribution is -0.140. The van der Waals surface area contributed by atoms with Crippen molar-refractivity contribution < 1.29 is 33.8 Å². The molecule has 0 radical (unpaired) electrons.